The van der Waals surface area contributed by atoms with Gasteiger partial charge in [-0.2, -0.15) is 0 Å². The average molecular weight is 315 g/mol. The molecule has 1 unspecified atom stereocenters. The van der Waals surface area contributed by atoms with Crippen molar-refractivity contribution in [3.05, 3.63) is 12.7 Å². The van der Waals surface area contributed by atoms with E-state index in [-0.39, 0.29) is 0 Å². The Morgan fingerprint density at radius 3 is 2.88 bits per heavy atom. The van der Waals surface area contributed by atoms with Crippen molar-refractivity contribution >= 4 is 38.9 Å². The molecule has 0 amide bonds. The molecule has 0 saturated heterocycles. The van der Waals surface area contributed by atoms with Crippen molar-refractivity contribution < 1.29 is 0 Å². The van der Waals surface area contributed by atoms with E-state index < -0.39 is 0 Å². The van der Waals surface area contributed by atoms with E-state index in [1.807, 2.05) is 0 Å². The van der Waals surface area contributed by atoms with Crippen molar-refractivity contribution in [1.82, 2.24) is 19.9 Å². The van der Waals surface area contributed by atoms with Gasteiger partial charge in [0.1, 0.15) is 16.9 Å². The molecule has 4 nitrogen and oxygen atoms in total. The number of alkyl halides is 1. The lowest BCUT2D eigenvalue weighted by Crippen LogP contribution is -2.13. The normalized spacial score (nSPS) is 13.4. The predicted molar refractivity (Wildman–Crippen MR) is 74.5 cm³/mol. The van der Waals surface area contributed by atoms with E-state index in [0.29, 0.717) is 11.8 Å². The standard InChI is InChI=1S/C11H15BrN4S/c1-7(2)8(3-12)4-17-11-9-10(14-5-13-9)15-6-16-11/h5-8H,3-4H2,1-2H3,(H,13,14,15,16). The molecular formula is C11H15BrN4S. The summed E-state index contributed by atoms with van der Waals surface area (Å²) >= 11 is 5.33. The van der Waals surface area contributed by atoms with Crippen molar-refractivity contribution in [2.24, 2.45) is 11.8 Å². The molecule has 92 valence electrons. The highest BCUT2D eigenvalue weighted by Crippen LogP contribution is 2.27. The van der Waals surface area contributed by atoms with Crippen molar-refractivity contribution in [3.8, 4) is 0 Å². The number of thioether (sulfide) groups is 1. The molecule has 6 heteroatoms. The summed E-state index contributed by atoms with van der Waals surface area (Å²) in [6.45, 7) is 4.50. The molecule has 2 heterocycles. The van der Waals surface area contributed by atoms with E-state index >= 15 is 0 Å². The highest BCUT2D eigenvalue weighted by Gasteiger charge is 2.14. The fraction of sp³-hybridized carbons (Fsp3) is 0.545. The average Bonchev–Trinajstić information content (AvgIpc) is 2.78. The smallest absolute Gasteiger partial charge is 0.181 e. The van der Waals surface area contributed by atoms with E-state index in [2.05, 4.69) is 49.7 Å². The first-order valence-corrected chi connectivity index (χ1v) is 7.66. The maximum Gasteiger partial charge on any atom is 0.181 e. The number of nitrogens with zero attached hydrogens (tertiary/aromatic N) is 3. The molecule has 0 aliphatic heterocycles. The molecular weight excluding hydrogens is 300 g/mol. The number of nitrogens with one attached hydrogen (secondary N) is 1. The highest BCUT2D eigenvalue weighted by atomic mass is 79.9. The molecule has 2 aromatic heterocycles. The monoisotopic (exact) mass is 314 g/mol. The van der Waals surface area contributed by atoms with Gasteiger partial charge in [-0.25, -0.2) is 15.0 Å². The lowest BCUT2D eigenvalue weighted by atomic mass is 10.0. The fourth-order valence-electron chi connectivity index (χ4n) is 1.45. The van der Waals surface area contributed by atoms with Gasteiger partial charge in [-0.05, 0) is 11.8 Å². The van der Waals surface area contributed by atoms with Gasteiger partial charge in [0.05, 0.1) is 6.33 Å². The van der Waals surface area contributed by atoms with Crippen LogP contribution in [0.2, 0.25) is 0 Å². The molecule has 1 N–H and O–H groups in total. The highest BCUT2D eigenvalue weighted by molar-refractivity contribution is 9.09. The molecule has 0 aliphatic rings. The van der Waals surface area contributed by atoms with E-state index in [1.54, 1.807) is 24.4 Å². The van der Waals surface area contributed by atoms with Gasteiger partial charge in [-0.3, -0.25) is 0 Å². The van der Waals surface area contributed by atoms with Gasteiger partial charge in [0.25, 0.3) is 0 Å². The van der Waals surface area contributed by atoms with Crippen LogP contribution >= 0.6 is 27.7 Å². The van der Waals surface area contributed by atoms with Crippen LogP contribution in [0.25, 0.3) is 11.2 Å². The van der Waals surface area contributed by atoms with Crippen LogP contribution in [-0.4, -0.2) is 31.0 Å². The van der Waals surface area contributed by atoms with Crippen LogP contribution in [0.4, 0.5) is 0 Å². The summed E-state index contributed by atoms with van der Waals surface area (Å²) in [4.78, 5) is 15.6. The first kappa shape index (κ1) is 12.8. The zero-order valence-corrected chi connectivity index (χ0v) is 12.3. The Labute approximate surface area is 113 Å². The van der Waals surface area contributed by atoms with E-state index in [0.717, 1.165) is 27.3 Å². The van der Waals surface area contributed by atoms with Gasteiger partial charge in [0.2, 0.25) is 0 Å². The second-order valence-electron chi connectivity index (χ2n) is 4.25. The SMILES string of the molecule is CC(C)C(CBr)CSc1ncnc2nc[nH]c12. The van der Waals surface area contributed by atoms with E-state index in [4.69, 9.17) is 0 Å². The van der Waals surface area contributed by atoms with E-state index in [9.17, 15) is 0 Å². The fourth-order valence-corrected chi connectivity index (χ4v) is 4.02. The van der Waals surface area contributed by atoms with Crippen molar-refractivity contribution in [2.45, 2.75) is 18.9 Å². The number of halogens is 1. The van der Waals surface area contributed by atoms with Crippen LogP contribution in [-0.2, 0) is 0 Å². The van der Waals surface area contributed by atoms with Crippen LogP contribution in [0, 0.1) is 11.8 Å². The number of H-pyrrole nitrogens is 1. The number of aromatic nitrogens is 4. The Kier molecular flexibility index (Phi) is 4.39. The first-order valence-electron chi connectivity index (χ1n) is 5.55. The molecule has 2 rings (SSSR count). The Morgan fingerprint density at radius 2 is 2.18 bits per heavy atom. The van der Waals surface area contributed by atoms with Crippen molar-refractivity contribution in [2.75, 3.05) is 11.1 Å². The molecule has 0 aliphatic carbocycles. The minimum atomic E-state index is 0.646. The summed E-state index contributed by atoms with van der Waals surface area (Å²) in [5, 5.41) is 2.01. The largest absolute Gasteiger partial charge is 0.341 e. The molecule has 17 heavy (non-hydrogen) atoms. The number of fused-ring (bicyclic) bond motifs is 1. The Hall–Kier alpha value is -0.620. The quantitative estimate of drug-likeness (QED) is 0.523. The zero-order chi connectivity index (χ0) is 12.3. The topological polar surface area (TPSA) is 54.5 Å². The lowest BCUT2D eigenvalue weighted by molar-refractivity contribution is 0.474. The van der Waals surface area contributed by atoms with Crippen molar-refractivity contribution in [1.29, 1.82) is 0 Å². The van der Waals surface area contributed by atoms with Gasteiger partial charge >= 0.3 is 0 Å². The van der Waals surface area contributed by atoms with Gasteiger partial charge in [-0.15, -0.1) is 11.8 Å². The molecule has 0 aromatic carbocycles. The minimum absolute atomic E-state index is 0.646. The van der Waals surface area contributed by atoms with Crippen molar-refractivity contribution in [3.63, 3.8) is 0 Å². The first-order chi connectivity index (χ1) is 8.22. The lowest BCUT2D eigenvalue weighted by Gasteiger charge is -2.17. The summed E-state index contributed by atoms with van der Waals surface area (Å²) in [6, 6.07) is 0. The molecule has 0 saturated carbocycles. The Morgan fingerprint density at radius 1 is 1.35 bits per heavy atom. The maximum atomic E-state index is 4.31. The van der Waals surface area contributed by atoms with Crippen LogP contribution in [0.3, 0.4) is 0 Å². The molecule has 0 fully saturated rings. The molecule has 1 atom stereocenters. The van der Waals surface area contributed by atoms with Crippen LogP contribution in [0.5, 0.6) is 0 Å². The third kappa shape index (κ3) is 2.98. The van der Waals surface area contributed by atoms with Crippen LogP contribution in [0.1, 0.15) is 13.8 Å². The van der Waals surface area contributed by atoms with Gasteiger partial charge in [0.15, 0.2) is 5.65 Å². The van der Waals surface area contributed by atoms with Crippen LogP contribution in [0.15, 0.2) is 17.7 Å². The van der Waals surface area contributed by atoms with Gasteiger partial charge in [0, 0.05) is 11.1 Å². The number of aromatic amines is 1. The second-order valence-corrected chi connectivity index (χ2v) is 5.91. The second kappa shape index (κ2) is 5.82. The van der Waals surface area contributed by atoms with Gasteiger partial charge in [-0.1, -0.05) is 29.8 Å². The Balaban J connectivity index is 2.10. The summed E-state index contributed by atoms with van der Waals surface area (Å²) < 4.78 is 0. The maximum absolute atomic E-state index is 4.31. The molecule has 0 radical (unpaired) electrons. The third-order valence-electron chi connectivity index (χ3n) is 2.76. The zero-order valence-electron chi connectivity index (χ0n) is 9.85. The number of rotatable bonds is 5. The molecule has 0 bridgehead atoms. The third-order valence-corrected chi connectivity index (χ3v) is 4.77. The number of hydrogen-bond acceptors (Lipinski definition) is 4. The predicted octanol–water partition coefficient (Wildman–Crippen LogP) is 3.11. The summed E-state index contributed by atoms with van der Waals surface area (Å²) in [5.74, 6) is 2.36. The van der Waals surface area contributed by atoms with Crippen LogP contribution < -0.4 is 0 Å². The van der Waals surface area contributed by atoms with E-state index in [1.165, 1.54) is 0 Å². The molecule has 0 spiro atoms. The summed E-state index contributed by atoms with van der Waals surface area (Å²) in [5.41, 5.74) is 1.68. The summed E-state index contributed by atoms with van der Waals surface area (Å²) in [7, 11) is 0. The molecule has 2 aromatic rings. The van der Waals surface area contributed by atoms with Gasteiger partial charge < -0.3 is 4.98 Å². The summed E-state index contributed by atoms with van der Waals surface area (Å²) in [6.07, 6.45) is 3.23. The minimum Gasteiger partial charge on any atom is -0.341 e. The number of imidazole rings is 1. The number of hydrogen-bond donors (Lipinski definition) is 1. The Bertz CT molecular complexity index is 485.